The Morgan fingerprint density at radius 3 is 2.69 bits per heavy atom. The summed E-state index contributed by atoms with van der Waals surface area (Å²) in [6.45, 7) is 0. The third-order valence-corrected chi connectivity index (χ3v) is 3.05. The highest BCUT2D eigenvalue weighted by Crippen LogP contribution is 2.25. The summed E-state index contributed by atoms with van der Waals surface area (Å²) >= 11 is 0. The van der Waals surface area contributed by atoms with Crippen LogP contribution in [-0.4, -0.2) is 6.21 Å². The molecule has 0 bridgehead atoms. The first-order chi connectivity index (χ1) is 7.93. The number of rotatable bonds is 0. The van der Waals surface area contributed by atoms with Crippen molar-refractivity contribution in [3.63, 3.8) is 0 Å². The van der Waals surface area contributed by atoms with Crippen LogP contribution in [0.1, 0.15) is 5.56 Å². The van der Waals surface area contributed by atoms with E-state index in [9.17, 15) is 0 Å². The van der Waals surface area contributed by atoms with E-state index in [1.165, 1.54) is 16.2 Å². The standard InChI is InChI=1S/C13H7N3/c1-4-11-10(12-7-14-5-8(1)12)3-2-9-6-15-16-13(9)11/h1-7H. The Labute approximate surface area is 91.2 Å². The molecule has 2 aromatic rings. The Hall–Kier alpha value is -2.29. The number of nitrogens with zero attached hydrogens (tertiary/aromatic N) is 3. The van der Waals surface area contributed by atoms with E-state index in [1.54, 1.807) is 6.20 Å². The zero-order valence-corrected chi connectivity index (χ0v) is 8.38. The van der Waals surface area contributed by atoms with Crippen LogP contribution in [0, 0.1) is 0 Å². The molecule has 16 heavy (non-hydrogen) atoms. The number of azo groups is 1. The van der Waals surface area contributed by atoms with Crippen molar-refractivity contribution < 1.29 is 0 Å². The number of fused-ring (bicyclic) bond motifs is 5. The SMILES string of the molecule is C1=NC=c2ccc3c4c(ccc3c21)=CN=N4. The summed E-state index contributed by atoms with van der Waals surface area (Å²) < 4.78 is 0. The molecule has 0 aromatic heterocycles. The number of aliphatic imine (C=N–C) groups is 1. The van der Waals surface area contributed by atoms with Crippen molar-refractivity contribution in [1.29, 1.82) is 0 Å². The van der Waals surface area contributed by atoms with E-state index < -0.39 is 0 Å². The van der Waals surface area contributed by atoms with Gasteiger partial charge in [-0.2, -0.15) is 5.11 Å². The molecule has 3 heteroatoms. The molecule has 2 aliphatic heterocycles. The summed E-state index contributed by atoms with van der Waals surface area (Å²) in [5, 5.41) is 12.7. The van der Waals surface area contributed by atoms with Crippen molar-refractivity contribution >= 4 is 35.1 Å². The summed E-state index contributed by atoms with van der Waals surface area (Å²) in [5.41, 5.74) is 2.16. The van der Waals surface area contributed by atoms with Gasteiger partial charge in [0.15, 0.2) is 0 Å². The predicted molar refractivity (Wildman–Crippen MR) is 64.2 cm³/mol. The molecule has 0 aliphatic carbocycles. The third-order valence-electron chi connectivity index (χ3n) is 3.05. The maximum atomic E-state index is 4.18. The van der Waals surface area contributed by atoms with E-state index >= 15 is 0 Å². The van der Waals surface area contributed by atoms with E-state index in [4.69, 9.17) is 0 Å². The van der Waals surface area contributed by atoms with Gasteiger partial charge in [-0.05, 0) is 5.39 Å². The Kier molecular flexibility index (Phi) is 1.31. The molecule has 0 saturated carbocycles. The van der Waals surface area contributed by atoms with Gasteiger partial charge >= 0.3 is 0 Å². The van der Waals surface area contributed by atoms with E-state index in [0.717, 1.165) is 16.3 Å². The largest absolute Gasteiger partial charge is 0.263 e. The average Bonchev–Trinajstić information content (AvgIpc) is 2.96. The highest BCUT2D eigenvalue weighted by molar-refractivity contribution is 6.06. The molecule has 0 saturated heterocycles. The topological polar surface area (TPSA) is 37.1 Å². The van der Waals surface area contributed by atoms with Gasteiger partial charge < -0.3 is 0 Å². The fraction of sp³-hybridized carbons (Fsp3) is 0. The van der Waals surface area contributed by atoms with Crippen LogP contribution < -0.4 is 10.4 Å². The quantitative estimate of drug-likeness (QED) is 0.629. The van der Waals surface area contributed by atoms with Crippen LogP contribution in [0.3, 0.4) is 0 Å². The van der Waals surface area contributed by atoms with Crippen molar-refractivity contribution in [3.8, 4) is 0 Å². The van der Waals surface area contributed by atoms with Gasteiger partial charge in [0.05, 0.1) is 6.20 Å². The van der Waals surface area contributed by atoms with Gasteiger partial charge in [0.2, 0.25) is 0 Å². The smallest absolute Gasteiger partial charge is 0.102 e. The molecule has 0 amide bonds. The van der Waals surface area contributed by atoms with Crippen LogP contribution in [-0.2, 0) is 0 Å². The lowest BCUT2D eigenvalue weighted by molar-refractivity contribution is 1.34. The summed E-state index contributed by atoms with van der Waals surface area (Å²) in [5.74, 6) is 0. The van der Waals surface area contributed by atoms with Gasteiger partial charge in [-0.3, -0.25) is 4.99 Å². The molecule has 0 unspecified atom stereocenters. The van der Waals surface area contributed by atoms with Gasteiger partial charge in [0.25, 0.3) is 0 Å². The molecule has 74 valence electrons. The van der Waals surface area contributed by atoms with Crippen LogP contribution >= 0.6 is 0 Å². The van der Waals surface area contributed by atoms with Gasteiger partial charge in [-0.1, -0.05) is 24.3 Å². The van der Waals surface area contributed by atoms with Crippen molar-refractivity contribution in [1.82, 2.24) is 0 Å². The molecular formula is C13H7N3. The van der Waals surface area contributed by atoms with Crippen molar-refractivity contribution in [2.24, 2.45) is 15.2 Å². The van der Waals surface area contributed by atoms with Crippen LogP contribution in [0.2, 0.25) is 0 Å². The van der Waals surface area contributed by atoms with Gasteiger partial charge in [0, 0.05) is 33.8 Å². The maximum absolute atomic E-state index is 4.18. The summed E-state index contributed by atoms with van der Waals surface area (Å²) in [7, 11) is 0. The summed E-state index contributed by atoms with van der Waals surface area (Å²) in [4.78, 5) is 4.18. The zero-order chi connectivity index (χ0) is 10.5. The van der Waals surface area contributed by atoms with E-state index in [-0.39, 0.29) is 0 Å². The molecule has 0 spiro atoms. The molecule has 2 aliphatic rings. The number of benzene rings is 2. The van der Waals surface area contributed by atoms with E-state index in [0.29, 0.717) is 0 Å². The number of hydrogen-bond donors (Lipinski definition) is 0. The minimum atomic E-state index is 0.973. The second-order valence-electron chi connectivity index (χ2n) is 3.92. The Bertz CT molecular complexity index is 729. The fourth-order valence-corrected chi connectivity index (χ4v) is 2.26. The third kappa shape index (κ3) is 0.852. The number of hydrogen-bond acceptors (Lipinski definition) is 3. The Morgan fingerprint density at radius 2 is 1.69 bits per heavy atom. The highest BCUT2D eigenvalue weighted by atomic mass is 15.1. The van der Waals surface area contributed by atoms with Crippen LogP contribution in [0.5, 0.6) is 0 Å². The lowest BCUT2D eigenvalue weighted by Crippen LogP contribution is -2.06. The molecular weight excluding hydrogens is 198 g/mol. The minimum absolute atomic E-state index is 0.973. The molecule has 3 nitrogen and oxygen atoms in total. The van der Waals surface area contributed by atoms with Gasteiger partial charge in [-0.15, -0.1) is 5.11 Å². The van der Waals surface area contributed by atoms with Crippen molar-refractivity contribution in [2.45, 2.75) is 0 Å². The van der Waals surface area contributed by atoms with E-state index in [1.807, 2.05) is 12.4 Å². The first-order valence-corrected chi connectivity index (χ1v) is 5.14. The molecule has 0 fully saturated rings. The van der Waals surface area contributed by atoms with Gasteiger partial charge in [0.1, 0.15) is 5.69 Å². The normalized spacial score (nSPS) is 14.8. The van der Waals surface area contributed by atoms with Crippen molar-refractivity contribution in [3.05, 3.63) is 40.3 Å². The van der Waals surface area contributed by atoms with Crippen LogP contribution in [0.15, 0.2) is 39.5 Å². The summed E-state index contributed by atoms with van der Waals surface area (Å²) in [6.07, 6.45) is 5.58. The second-order valence-corrected chi connectivity index (χ2v) is 3.92. The van der Waals surface area contributed by atoms with Crippen LogP contribution in [0.25, 0.3) is 23.2 Å². The molecule has 0 radical (unpaired) electrons. The second kappa shape index (κ2) is 2.64. The average molecular weight is 205 g/mol. The molecule has 0 N–H and O–H groups in total. The van der Waals surface area contributed by atoms with Crippen molar-refractivity contribution in [2.75, 3.05) is 0 Å². The molecule has 2 heterocycles. The highest BCUT2D eigenvalue weighted by Gasteiger charge is 2.10. The summed E-state index contributed by atoms with van der Waals surface area (Å²) in [6, 6.07) is 8.35. The first-order valence-electron chi connectivity index (χ1n) is 5.14. The Morgan fingerprint density at radius 1 is 0.812 bits per heavy atom. The molecule has 0 atom stereocenters. The predicted octanol–water partition coefficient (Wildman–Crippen LogP) is 1.85. The maximum Gasteiger partial charge on any atom is 0.102 e. The van der Waals surface area contributed by atoms with Gasteiger partial charge in [-0.25, -0.2) is 0 Å². The fourth-order valence-electron chi connectivity index (χ4n) is 2.26. The lowest BCUT2D eigenvalue weighted by atomic mass is 10.0. The first kappa shape index (κ1) is 7.93. The Balaban J connectivity index is 2.30. The molecule has 2 aromatic carbocycles. The minimum Gasteiger partial charge on any atom is -0.263 e. The molecule has 4 rings (SSSR count). The monoisotopic (exact) mass is 205 g/mol. The zero-order valence-electron chi connectivity index (χ0n) is 8.38. The lowest BCUT2D eigenvalue weighted by Gasteiger charge is -2.02. The van der Waals surface area contributed by atoms with Crippen LogP contribution in [0.4, 0.5) is 5.69 Å². The van der Waals surface area contributed by atoms with E-state index in [2.05, 4.69) is 39.5 Å².